The molecule has 1 rings (SSSR count). The maximum Gasteiger partial charge on any atom is 0.314 e. The van der Waals surface area contributed by atoms with Crippen molar-refractivity contribution in [3.63, 3.8) is 0 Å². The van der Waals surface area contributed by atoms with Gasteiger partial charge in [0.2, 0.25) is 0 Å². The normalized spacial score (nSPS) is 18.8. The quantitative estimate of drug-likeness (QED) is 0.603. The first-order valence-corrected chi connectivity index (χ1v) is 5.73. The summed E-state index contributed by atoms with van der Waals surface area (Å²) in [5.41, 5.74) is 5.49. The average molecular weight is 214 g/mol. The molecule has 0 aliphatic carbocycles. The fourth-order valence-electron chi connectivity index (χ4n) is 1.88. The molecule has 0 aromatic carbocycles. The van der Waals surface area contributed by atoms with Crippen LogP contribution in [0.25, 0.3) is 0 Å². The van der Waals surface area contributed by atoms with E-state index in [1.807, 2.05) is 6.92 Å². The van der Waals surface area contributed by atoms with Crippen molar-refractivity contribution in [1.29, 1.82) is 0 Å². The number of likely N-dealkylation sites (tertiary alicyclic amines) is 1. The first-order chi connectivity index (χ1) is 7.26. The van der Waals surface area contributed by atoms with Gasteiger partial charge in [-0.25, -0.2) is 4.79 Å². The van der Waals surface area contributed by atoms with Crippen LogP contribution < -0.4 is 16.4 Å². The van der Waals surface area contributed by atoms with Gasteiger partial charge >= 0.3 is 6.03 Å². The van der Waals surface area contributed by atoms with Crippen molar-refractivity contribution in [3.8, 4) is 0 Å². The van der Waals surface area contributed by atoms with Gasteiger partial charge in [0, 0.05) is 38.8 Å². The molecule has 5 heteroatoms. The minimum atomic E-state index is -0.0465. The number of carbonyl (C=O) groups excluding carboxylic acids is 1. The van der Waals surface area contributed by atoms with Crippen LogP contribution in [-0.4, -0.2) is 49.7 Å². The van der Waals surface area contributed by atoms with Crippen molar-refractivity contribution in [2.24, 2.45) is 5.73 Å². The topological polar surface area (TPSA) is 70.4 Å². The largest absolute Gasteiger partial charge is 0.338 e. The van der Waals surface area contributed by atoms with E-state index in [9.17, 15) is 4.79 Å². The molecule has 0 unspecified atom stereocenters. The second kappa shape index (κ2) is 6.63. The first kappa shape index (κ1) is 12.3. The van der Waals surface area contributed by atoms with Crippen LogP contribution in [0.15, 0.2) is 0 Å². The van der Waals surface area contributed by atoms with Crippen LogP contribution in [0.1, 0.15) is 19.8 Å². The Hall–Kier alpha value is -0.810. The van der Waals surface area contributed by atoms with Gasteiger partial charge in [0.15, 0.2) is 0 Å². The third-order valence-electron chi connectivity index (χ3n) is 2.71. The van der Waals surface area contributed by atoms with Gasteiger partial charge in [-0.3, -0.25) is 0 Å². The van der Waals surface area contributed by atoms with Crippen LogP contribution in [-0.2, 0) is 0 Å². The Morgan fingerprint density at radius 3 is 2.67 bits per heavy atom. The highest BCUT2D eigenvalue weighted by Crippen LogP contribution is 2.09. The number of nitrogens with two attached hydrogens (primary N) is 1. The molecule has 0 atom stereocenters. The predicted molar refractivity (Wildman–Crippen MR) is 60.7 cm³/mol. The highest BCUT2D eigenvalue weighted by atomic mass is 16.2. The van der Waals surface area contributed by atoms with Crippen LogP contribution in [0.4, 0.5) is 4.79 Å². The summed E-state index contributed by atoms with van der Waals surface area (Å²) in [6.45, 7) is 6.35. The Bertz CT molecular complexity index is 190. The van der Waals surface area contributed by atoms with Crippen molar-refractivity contribution in [3.05, 3.63) is 0 Å². The third kappa shape index (κ3) is 4.48. The van der Waals surface area contributed by atoms with E-state index in [4.69, 9.17) is 5.73 Å². The van der Waals surface area contributed by atoms with Crippen molar-refractivity contribution < 1.29 is 4.79 Å². The van der Waals surface area contributed by atoms with Gasteiger partial charge in [-0.05, 0) is 19.8 Å². The van der Waals surface area contributed by atoms with Gasteiger partial charge in [-0.2, -0.15) is 0 Å². The second-order valence-electron chi connectivity index (χ2n) is 3.91. The molecule has 1 saturated heterocycles. The molecule has 0 aromatic rings. The molecule has 1 aliphatic heterocycles. The molecular weight excluding hydrogens is 192 g/mol. The van der Waals surface area contributed by atoms with E-state index in [0.717, 1.165) is 32.5 Å². The van der Waals surface area contributed by atoms with E-state index in [-0.39, 0.29) is 6.03 Å². The zero-order valence-corrected chi connectivity index (χ0v) is 9.46. The van der Waals surface area contributed by atoms with E-state index >= 15 is 0 Å². The fourth-order valence-corrected chi connectivity index (χ4v) is 1.88. The summed E-state index contributed by atoms with van der Waals surface area (Å²) in [6.07, 6.45) is 2.05. The molecule has 0 bridgehead atoms. The Balaban J connectivity index is 2.16. The summed E-state index contributed by atoms with van der Waals surface area (Å²) in [5, 5.41) is 5.72. The van der Waals surface area contributed by atoms with E-state index < -0.39 is 0 Å². The molecule has 4 N–H and O–H groups in total. The lowest BCUT2D eigenvalue weighted by atomic mass is 10.1. The lowest BCUT2D eigenvalue weighted by Gasteiger charge is -2.31. The van der Waals surface area contributed by atoms with Crippen LogP contribution in [0.5, 0.6) is 0 Å². The van der Waals surface area contributed by atoms with Gasteiger partial charge in [0.25, 0.3) is 0 Å². The molecule has 2 amide bonds. The number of piperidine rings is 1. The van der Waals surface area contributed by atoms with Gasteiger partial charge < -0.3 is 21.3 Å². The maximum atomic E-state index is 11.3. The van der Waals surface area contributed by atoms with Crippen LogP contribution in [0, 0.1) is 0 Å². The van der Waals surface area contributed by atoms with Crippen molar-refractivity contribution >= 4 is 6.03 Å². The molecule has 1 aliphatic rings. The minimum absolute atomic E-state index is 0.0465. The SMILES string of the molecule is CCNC(=O)NC1CCN(CCN)CC1. The van der Waals surface area contributed by atoms with Crippen molar-refractivity contribution in [2.45, 2.75) is 25.8 Å². The van der Waals surface area contributed by atoms with E-state index in [0.29, 0.717) is 19.1 Å². The predicted octanol–water partition coefficient (Wildman–Crippen LogP) is -0.271. The number of urea groups is 1. The number of amides is 2. The number of carbonyl (C=O) groups is 1. The minimum Gasteiger partial charge on any atom is -0.338 e. The summed E-state index contributed by atoms with van der Waals surface area (Å²) < 4.78 is 0. The zero-order valence-electron chi connectivity index (χ0n) is 9.46. The molecule has 0 radical (unpaired) electrons. The van der Waals surface area contributed by atoms with Crippen molar-refractivity contribution in [2.75, 3.05) is 32.7 Å². The summed E-state index contributed by atoms with van der Waals surface area (Å²) in [4.78, 5) is 13.6. The van der Waals surface area contributed by atoms with Gasteiger partial charge in [0.05, 0.1) is 0 Å². The maximum absolute atomic E-state index is 11.3. The molecule has 1 fully saturated rings. The number of hydrogen-bond acceptors (Lipinski definition) is 3. The summed E-state index contributed by atoms with van der Waals surface area (Å²) in [7, 11) is 0. The first-order valence-electron chi connectivity index (χ1n) is 5.73. The molecule has 5 nitrogen and oxygen atoms in total. The highest BCUT2D eigenvalue weighted by Gasteiger charge is 2.19. The molecule has 0 aromatic heterocycles. The second-order valence-corrected chi connectivity index (χ2v) is 3.91. The van der Waals surface area contributed by atoms with Gasteiger partial charge in [0.1, 0.15) is 0 Å². The number of hydrogen-bond donors (Lipinski definition) is 3. The standard InChI is InChI=1S/C10H22N4O/c1-2-12-10(15)13-9-3-6-14(7-4-9)8-5-11/h9H,2-8,11H2,1H3,(H2,12,13,15). The lowest BCUT2D eigenvalue weighted by Crippen LogP contribution is -2.48. The Morgan fingerprint density at radius 2 is 2.13 bits per heavy atom. The molecule has 88 valence electrons. The average Bonchev–Trinajstić information content (AvgIpc) is 2.22. The van der Waals surface area contributed by atoms with E-state index in [1.165, 1.54) is 0 Å². The zero-order chi connectivity index (χ0) is 11.1. The van der Waals surface area contributed by atoms with Crippen LogP contribution in [0.2, 0.25) is 0 Å². The number of nitrogens with zero attached hydrogens (tertiary/aromatic N) is 1. The number of nitrogens with one attached hydrogen (secondary N) is 2. The smallest absolute Gasteiger partial charge is 0.314 e. The monoisotopic (exact) mass is 214 g/mol. The third-order valence-corrected chi connectivity index (χ3v) is 2.71. The lowest BCUT2D eigenvalue weighted by molar-refractivity contribution is 0.196. The number of rotatable bonds is 4. The Kier molecular flexibility index (Phi) is 5.42. The highest BCUT2D eigenvalue weighted by molar-refractivity contribution is 5.74. The van der Waals surface area contributed by atoms with Crippen molar-refractivity contribution in [1.82, 2.24) is 15.5 Å². The summed E-state index contributed by atoms with van der Waals surface area (Å²) >= 11 is 0. The van der Waals surface area contributed by atoms with Crippen LogP contribution in [0.3, 0.4) is 0 Å². The van der Waals surface area contributed by atoms with Crippen LogP contribution >= 0.6 is 0 Å². The molecule has 0 saturated carbocycles. The summed E-state index contributed by atoms with van der Waals surface area (Å²) in [5.74, 6) is 0. The van der Waals surface area contributed by atoms with Gasteiger partial charge in [-0.1, -0.05) is 0 Å². The fraction of sp³-hybridized carbons (Fsp3) is 0.900. The summed E-state index contributed by atoms with van der Waals surface area (Å²) in [6, 6.07) is 0.278. The molecule has 1 heterocycles. The Labute approximate surface area is 91.4 Å². The molecular formula is C10H22N4O. The van der Waals surface area contributed by atoms with E-state index in [1.54, 1.807) is 0 Å². The Morgan fingerprint density at radius 1 is 1.47 bits per heavy atom. The van der Waals surface area contributed by atoms with E-state index in [2.05, 4.69) is 15.5 Å². The molecule has 15 heavy (non-hydrogen) atoms. The van der Waals surface area contributed by atoms with Gasteiger partial charge in [-0.15, -0.1) is 0 Å². The molecule has 0 spiro atoms.